The van der Waals surface area contributed by atoms with Gasteiger partial charge in [0.15, 0.2) is 12.2 Å². The van der Waals surface area contributed by atoms with E-state index >= 15 is 0 Å². The van der Waals surface area contributed by atoms with Crippen molar-refractivity contribution in [3.8, 4) is 6.07 Å². The molecule has 0 radical (unpaired) electrons. The molecule has 60 valence electrons. The van der Waals surface area contributed by atoms with Gasteiger partial charge in [0.25, 0.3) is 0 Å². The predicted molar refractivity (Wildman–Crippen MR) is 44.1 cm³/mol. The van der Waals surface area contributed by atoms with Crippen molar-refractivity contribution in [2.45, 2.75) is 0 Å². The molecule has 0 unspecified atom stereocenters. The number of methoxy groups -OCH3 is 1. The molecule has 0 aliphatic rings. The summed E-state index contributed by atoms with van der Waals surface area (Å²) in [5.74, 6) is 0.377. The maximum absolute atomic E-state index is 8.61. The standard InChI is InChI=1S/C8H7N3O/c1-12-6-11-8-7(5-9)3-2-4-10-8/h2-4,6H,1H3/b11-6+. The van der Waals surface area contributed by atoms with Gasteiger partial charge < -0.3 is 4.74 Å². The lowest BCUT2D eigenvalue weighted by Gasteiger charge is -1.93. The van der Waals surface area contributed by atoms with E-state index in [1.807, 2.05) is 6.07 Å². The van der Waals surface area contributed by atoms with E-state index in [2.05, 4.69) is 14.7 Å². The van der Waals surface area contributed by atoms with Crippen LogP contribution in [-0.2, 0) is 4.74 Å². The van der Waals surface area contributed by atoms with Gasteiger partial charge in [-0.05, 0) is 12.1 Å². The van der Waals surface area contributed by atoms with Crippen LogP contribution in [0.25, 0.3) is 0 Å². The largest absolute Gasteiger partial charge is 0.486 e. The molecule has 1 rings (SSSR count). The number of rotatable bonds is 2. The average molecular weight is 161 g/mol. The van der Waals surface area contributed by atoms with Crippen LogP contribution < -0.4 is 0 Å². The molecule has 0 bridgehead atoms. The molecule has 4 nitrogen and oxygen atoms in total. The third-order valence-corrected chi connectivity index (χ3v) is 1.19. The van der Waals surface area contributed by atoms with Gasteiger partial charge >= 0.3 is 0 Å². The Morgan fingerprint density at radius 3 is 3.25 bits per heavy atom. The van der Waals surface area contributed by atoms with Gasteiger partial charge in [-0.2, -0.15) is 10.3 Å². The maximum atomic E-state index is 8.61. The van der Waals surface area contributed by atoms with Gasteiger partial charge in [-0.15, -0.1) is 0 Å². The first-order valence-corrected chi connectivity index (χ1v) is 3.29. The summed E-state index contributed by atoms with van der Waals surface area (Å²) < 4.78 is 4.60. The molecule has 1 heterocycles. The van der Waals surface area contributed by atoms with E-state index < -0.39 is 0 Å². The smallest absolute Gasteiger partial charge is 0.175 e. The summed E-state index contributed by atoms with van der Waals surface area (Å²) in [6.45, 7) is 0. The monoisotopic (exact) mass is 161 g/mol. The second-order valence-corrected chi connectivity index (χ2v) is 1.96. The molecule has 0 aliphatic carbocycles. The summed E-state index contributed by atoms with van der Waals surface area (Å²) in [7, 11) is 1.48. The summed E-state index contributed by atoms with van der Waals surface area (Å²) in [5.41, 5.74) is 0.436. The highest BCUT2D eigenvalue weighted by atomic mass is 16.5. The molecule has 0 atom stereocenters. The number of aromatic nitrogens is 1. The van der Waals surface area contributed by atoms with Gasteiger partial charge in [0, 0.05) is 6.20 Å². The average Bonchev–Trinajstić information content (AvgIpc) is 2.15. The molecule has 1 aromatic rings. The number of nitriles is 1. The van der Waals surface area contributed by atoms with Crippen LogP contribution in [0, 0.1) is 11.3 Å². The summed E-state index contributed by atoms with van der Waals surface area (Å²) in [6.07, 6.45) is 2.81. The Labute approximate surface area is 70.1 Å². The number of aliphatic imine (C=N–C) groups is 1. The van der Waals surface area contributed by atoms with Crippen molar-refractivity contribution in [3.63, 3.8) is 0 Å². The molecule has 1 aromatic heterocycles. The van der Waals surface area contributed by atoms with Gasteiger partial charge in [0.1, 0.15) is 6.07 Å². The first-order valence-electron chi connectivity index (χ1n) is 3.29. The molecule has 0 spiro atoms. The zero-order chi connectivity index (χ0) is 8.81. The van der Waals surface area contributed by atoms with Crippen LogP contribution in [-0.4, -0.2) is 18.5 Å². The van der Waals surface area contributed by atoms with E-state index in [-0.39, 0.29) is 0 Å². The lowest BCUT2D eigenvalue weighted by molar-refractivity contribution is 0.423. The summed E-state index contributed by atoms with van der Waals surface area (Å²) >= 11 is 0. The molecule has 12 heavy (non-hydrogen) atoms. The topological polar surface area (TPSA) is 58.3 Å². The normalized spacial score (nSPS) is 9.67. The van der Waals surface area contributed by atoms with Gasteiger partial charge in [0.05, 0.1) is 12.7 Å². The van der Waals surface area contributed by atoms with E-state index in [0.29, 0.717) is 11.4 Å². The Kier molecular flexibility index (Phi) is 2.79. The van der Waals surface area contributed by atoms with E-state index in [9.17, 15) is 0 Å². The molecule has 0 amide bonds. The summed E-state index contributed by atoms with van der Waals surface area (Å²) in [4.78, 5) is 7.70. The molecule has 4 heteroatoms. The van der Waals surface area contributed by atoms with Crippen LogP contribution >= 0.6 is 0 Å². The summed E-state index contributed by atoms with van der Waals surface area (Å²) in [6, 6.07) is 5.31. The first-order chi connectivity index (χ1) is 5.88. The number of hydrogen-bond acceptors (Lipinski definition) is 4. The highest BCUT2D eigenvalue weighted by molar-refractivity contribution is 5.57. The first kappa shape index (κ1) is 8.21. The van der Waals surface area contributed by atoms with Gasteiger partial charge in [0.2, 0.25) is 0 Å². The maximum Gasteiger partial charge on any atom is 0.175 e. The lowest BCUT2D eigenvalue weighted by Crippen LogP contribution is -1.82. The number of pyridine rings is 1. The van der Waals surface area contributed by atoms with Gasteiger partial charge in [-0.25, -0.2) is 4.98 Å². The highest BCUT2D eigenvalue weighted by Gasteiger charge is 1.97. The number of ether oxygens (including phenoxy) is 1. The lowest BCUT2D eigenvalue weighted by atomic mass is 10.3. The Morgan fingerprint density at radius 1 is 1.75 bits per heavy atom. The minimum absolute atomic E-state index is 0.377. The SMILES string of the molecule is CO/C=N/c1ncccc1C#N. The van der Waals surface area contributed by atoms with Crippen molar-refractivity contribution in [3.05, 3.63) is 23.9 Å². The Balaban J connectivity index is 2.99. The molecular formula is C8H7N3O. The van der Waals surface area contributed by atoms with Crippen molar-refractivity contribution in [1.82, 2.24) is 4.98 Å². The third-order valence-electron chi connectivity index (χ3n) is 1.19. The van der Waals surface area contributed by atoms with E-state index in [0.717, 1.165) is 0 Å². The molecule has 0 saturated heterocycles. The van der Waals surface area contributed by atoms with Crippen molar-refractivity contribution < 1.29 is 4.74 Å². The van der Waals surface area contributed by atoms with Crippen molar-refractivity contribution in [1.29, 1.82) is 5.26 Å². The van der Waals surface area contributed by atoms with Crippen molar-refractivity contribution in [2.24, 2.45) is 4.99 Å². The highest BCUT2D eigenvalue weighted by Crippen LogP contribution is 2.12. The second-order valence-electron chi connectivity index (χ2n) is 1.96. The zero-order valence-corrected chi connectivity index (χ0v) is 6.56. The summed E-state index contributed by atoms with van der Waals surface area (Å²) in [5, 5.41) is 8.61. The van der Waals surface area contributed by atoms with Crippen molar-refractivity contribution >= 4 is 12.2 Å². The van der Waals surface area contributed by atoms with Crippen LogP contribution in [0.4, 0.5) is 5.82 Å². The number of nitrogens with zero attached hydrogens (tertiary/aromatic N) is 3. The molecule has 0 saturated carbocycles. The van der Waals surface area contributed by atoms with Gasteiger partial charge in [-0.1, -0.05) is 0 Å². The third kappa shape index (κ3) is 1.80. The van der Waals surface area contributed by atoms with E-state index in [4.69, 9.17) is 5.26 Å². The zero-order valence-electron chi connectivity index (χ0n) is 6.56. The van der Waals surface area contributed by atoms with Crippen LogP contribution in [0.3, 0.4) is 0 Å². The predicted octanol–water partition coefficient (Wildman–Crippen LogP) is 1.26. The Hall–Kier alpha value is -1.89. The van der Waals surface area contributed by atoms with Crippen molar-refractivity contribution in [2.75, 3.05) is 7.11 Å². The van der Waals surface area contributed by atoms with E-state index in [1.165, 1.54) is 13.5 Å². The van der Waals surface area contributed by atoms with E-state index in [1.54, 1.807) is 18.3 Å². The fourth-order valence-corrected chi connectivity index (χ4v) is 0.690. The molecule has 0 aromatic carbocycles. The molecular weight excluding hydrogens is 154 g/mol. The second kappa shape index (κ2) is 4.09. The quantitative estimate of drug-likeness (QED) is 0.484. The van der Waals surface area contributed by atoms with Crippen LogP contribution in [0.5, 0.6) is 0 Å². The molecule has 0 fully saturated rings. The minimum atomic E-state index is 0.377. The Bertz CT molecular complexity index is 327. The minimum Gasteiger partial charge on any atom is -0.486 e. The molecule has 0 N–H and O–H groups in total. The Morgan fingerprint density at radius 2 is 2.58 bits per heavy atom. The molecule has 0 aliphatic heterocycles. The number of hydrogen-bond donors (Lipinski definition) is 0. The van der Waals surface area contributed by atoms with Crippen LogP contribution in [0.1, 0.15) is 5.56 Å². The van der Waals surface area contributed by atoms with Crippen LogP contribution in [0.2, 0.25) is 0 Å². The fraction of sp³-hybridized carbons (Fsp3) is 0.125. The van der Waals surface area contributed by atoms with Gasteiger partial charge in [-0.3, -0.25) is 0 Å². The van der Waals surface area contributed by atoms with Crippen LogP contribution in [0.15, 0.2) is 23.3 Å². The fourth-order valence-electron chi connectivity index (χ4n) is 0.690.